The lowest BCUT2D eigenvalue weighted by Gasteiger charge is -2.32. The molecule has 0 aliphatic rings. The molecule has 0 N–H and O–H groups in total. The minimum Gasteiger partial charge on any atom is -0.456 e. The van der Waals surface area contributed by atoms with Gasteiger partial charge in [-0.15, -0.1) is 0 Å². The number of anilines is 6. The van der Waals surface area contributed by atoms with Crippen LogP contribution in [0, 0.1) is 0 Å². The van der Waals surface area contributed by atoms with Crippen molar-refractivity contribution in [2.45, 2.75) is 72.0 Å². The number of hydrogen-bond acceptors (Lipinski definition) is 3. The second-order valence-corrected chi connectivity index (χ2v) is 25.4. The van der Waals surface area contributed by atoms with Crippen LogP contribution >= 0.6 is 0 Å². The first-order valence-electron chi connectivity index (χ1n) is 22.3. The Labute approximate surface area is 373 Å². The Kier molecular flexibility index (Phi) is 9.65. The van der Waals surface area contributed by atoms with Crippen LogP contribution in [0.25, 0.3) is 54.3 Å². The van der Waals surface area contributed by atoms with E-state index in [0.717, 1.165) is 55.8 Å². The van der Waals surface area contributed by atoms with Crippen LogP contribution in [0.3, 0.4) is 0 Å². The highest BCUT2D eigenvalue weighted by atomic mass is 28.3. The van der Waals surface area contributed by atoms with E-state index in [-0.39, 0.29) is 10.8 Å². The normalized spacial score (nSPS) is 12.5. The summed E-state index contributed by atoms with van der Waals surface area (Å²) in [6.07, 6.45) is 0. The topological polar surface area (TPSA) is 19.6 Å². The Morgan fingerprint density at radius 2 is 0.841 bits per heavy atom. The third kappa shape index (κ3) is 7.47. The van der Waals surface area contributed by atoms with Crippen LogP contribution in [-0.4, -0.2) is 8.07 Å². The van der Waals surface area contributed by atoms with Gasteiger partial charge in [0.15, 0.2) is 0 Å². The summed E-state index contributed by atoms with van der Waals surface area (Å²) in [7, 11) is -2.08. The van der Waals surface area contributed by atoms with Gasteiger partial charge in [0.25, 0.3) is 0 Å². The predicted octanol–water partition coefficient (Wildman–Crippen LogP) is 17.1. The maximum absolute atomic E-state index is 7.19. The minimum absolute atomic E-state index is 0.000200. The first kappa shape index (κ1) is 40.4. The molecule has 312 valence electrons. The summed E-state index contributed by atoms with van der Waals surface area (Å²) in [6.45, 7) is 21.1. The van der Waals surface area contributed by atoms with Crippen molar-refractivity contribution in [3.05, 3.63) is 187 Å². The highest BCUT2D eigenvalue weighted by Crippen LogP contribution is 2.43. The van der Waals surface area contributed by atoms with Gasteiger partial charge in [-0.05, 0) is 139 Å². The van der Waals surface area contributed by atoms with Crippen molar-refractivity contribution >= 4 is 102 Å². The molecule has 10 aromatic rings. The van der Waals surface area contributed by atoms with E-state index in [2.05, 4.69) is 247 Å². The third-order valence-electron chi connectivity index (χ3n) is 12.7. The molecular formula is C59H56N2OSi. The lowest BCUT2D eigenvalue weighted by atomic mass is 9.87. The Hall–Kier alpha value is -6.62. The van der Waals surface area contributed by atoms with Gasteiger partial charge in [-0.1, -0.05) is 152 Å². The SMILES string of the molecule is CC(C)(C)c1cccc(N(c2ccc3ccccc3c2)c2ccc3cc4c(cc3c2)oc2c([Si](C)(C)C)c(N(c3cccc(C(C)(C)C)c3)c3ccc5ccccc5c3)ccc24)c1. The average Bonchev–Trinajstić information content (AvgIpc) is 3.61. The van der Waals surface area contributed by atoms with Crippen LogP contribution in [-0.2, 0) is 10.8 Å². The van der Waals surface area contributed by atoms with Gasteiger partial charge >= 0.3 is 0 Å². The van der Waals surface area contributed by atoms with Crippen LogP contribution in [0.15, 0.2) is 180 Å². The molecule has 4 heteroatoms. The van der Waals surface area contributed by atoms with Gasteiger partial charge < -0.3 is 14.2 Å². The second kappa shape index (κ2) is 15.0. The third-order valence-corrected chi connectivity index (χ3v) is 14.7. The first-order valence-corrected chi connectivity index (χ1v) is 25.8. The molecule has 0 atom stereocenters. The number of fused-ring (bicyclic) bond motifs is 6. The predicted molar refractivity (Wildman–Crippen MR) is 276 cm³/mol. The van der Waals surface area contributed by atoms with Crippen molar-refractivity contribution in [2.75, 3.05) is 9.80 Å². The van der Waals surface area contributed by atoms with Crippen LogP contribution in [0.1, 0.15) is 52.7 Å². The highest BCUT2D eigenvalue weighted by molar-refractivity contribution is 6.91. The Morgan fingerprint density at radius 1 is 0.381 bits per heavy atom. The zero-order chi connectivity index (χ0) is 43.8. The molecule has 1 aromatic heterocycles. The van der Waals surface area contributed by atoms with Crippen molar-refractivity contribution in [3.63, 3.8) is 0 Å². The molecule has 0 saturated carbocycles. The van der Waals surface area contributed by atoms with Crippen molar-refractivity contribution < 1.29 is 4.42 Å². The molecule has 9 aromatic carbocycles. The average molecular weight is 837 g/mol. The first-order chi connectivity index (χ1) is 30.1. The van der Waals surface area contributed by atoms with E-state index in [1.54, 1.807) is 0 Å². The van der Waals surface area contributed by atoms with E-state index in [4.69, 9.17) is 4.42 Å². The maximum atomic E-state index is 7.19. The number of furan rings is 1. The lowest BCUT2D eigenvalue weighted by molar-refractivity contribution is 0.590. The van der Waals surface area contributed by atoms with E-state index < -0.39 is 8.07 Å². The molecule has 3 nitrogen and oxygen atoms in total. The largest absolute Gasteiger partial charge is 0.456 e. The molecule has 63 heavy (non-hydrogen) atoms. The van der Waals surface area contributed by atoms with Gasteiger partial charge in [0.05, 0.1) is 8.07 Å². The number of nitrogens with zero attached hydrogens (tertiary/aromatic N) is 2. The summed E-state index contributed by atoms with van der Waals surface area (Å²) in [5, 5.41) is 10.9. The van der Waals surface area contributed by atoms with Crippen LogP contribution < -0.4 is 15.0 Å². The van der Waals surface area contributed by atoms with Gasteiger partial charge in [-0.25, -0.2) is 0 Å². The van der Waals surface area contributed by atoms with Crippen LogP contribution in [0.5, 0.6) is 0 Å². The smallest absolute Gasteiger partial charge is 0.136 e. The minimum atomic E-state index is -2.08. The summed E-state index contributed by atoms with van der Waals surface area (Å²) in [4.78, 5) is 4.87. The van der Waals surface area contributed by atoms with Gasteiger partial charge in [0.1, 0.15) is 11.2 Å². The van der Waals surface area contributed by atoms with Gasteiger partial charge in [-0.3, -0.25) is 0 Å². The maximum Gasteiger partial charge on any atom is 0.136 e. The van der Waals surface area contributed by atoms with Crippen molar-refractivity contribution in [1.82, 2.24) is 0 Å². The fourth-order valence-corrected chi connectivity index (χ4v) is 11.2. The van der Waals surface area contributed by atoms with Gasteiger partial charge in [-0.2, -0.15) is 0 Å². The Balaban J connectivity index is 1.16. The zero-order valence-corrected chi connectivity index (χ0v) is 39.0. The van der Waals surface area contributed by atoms with E-state index in [0.29, 0.717) is 0 Å². The summed E-state index contributed by atoms with van der Waals surface area (Å²) in [5.74, 6) is 0. The zero-order valence-electron chi connectivity index (χ0n) is 38.0. The Morgan fingerprint density at radius 3 is 1.38 bits per heavy atom. The molecule has 0 unspecified atom stereocenters. The lowest BCUT2D eigenvalue weighted by Crippen LogP contribution is -2.41. The molecule has 0 saturated heterocycles. The van der Waals surface area contributed by atoms with E-state index in [1.807, 2.05) is 0 Å². The molecule has 0 aliphatic carbocycles. The molecule has 0 spiro atoms. The fourth-order valence-electron chi connectivity index (χ4n) is 9.34. The summed E-state index contributed by atoms with van der Waals surface area (Å²) < 4.78 is 7.19. The molecule has 0 bridgehead atoms. The van der Waals surface area contributed by atoms with Crippen molar-refractivity contribution in [2.24, 2.45) is 0 Å². The van der Waals surface area contributed by atoms with E-state index in [9.17, 15) is 0 Å². The van der Waals surface area contributed by atoms with Crippen molar-refractivity contribution in [1.29, 1.82) is 0 Å². The summed E-state index contributed by atoms with van der Waals surface area (Å²) >= 11 is 0. The van der Waals surface area contributed by atoms with Gasteiger partial charge in [0, 0.05) is 50.1 Å². The second-order valence-electron chi connectivity index (χ2n) is 20.4. The molecular weight excluding hydrogens is 781 g/mol. The van der Waals surface area contributed by atoms with Crippen LogP contribution in [0.2, 0.25) is 19.6 Å². The number of rotatable bonds is 7. The molecule has 0 radical (unpaired) electrons. The monoisotopic (exact) mass is 836 g/mol. The standard InChI is InChI=1S/C59H56N2OSi/c1-58(2,3)45-20-14-22-47(37-45)60(49-27-24-39-16-10-12-18-41(39)32-49)50-29-26-43-35-53-52-30-31-54(57(63(7,8)9)56(52)62-55(53)36-44(43)34-50)61(48-23-15-21-46(38-48)59(4,5)6)51-28-25-40-17-11-13-19-42(40)33-51/h10-38H,1-9H3. The van der Waals surface area contributed by atoms with E-state index >= 15 is 0 Å². The number of benzene rings is 9. The van der Waals surface area contributed by atoms with Crippen LogP contribution in [0.4, 0.5) is 34.1 Å². The molecule has 1 heterocycles. The summed E-state index contributed by atoms with van der Waals surface area (Å²) in [5.41, 5.74) is 11.3. The van der Waals surface area contributed by atoms with Crippen molar-refractivity contribution in [3.8, 4) is 0 Å². The van der Waals surface area contributed by atoms with Gasteiger partial charge in [0.2, 0.25) is 0 Å². The number of hydrogen-bond donors (Lipinski definition) is 0. The molecule has 0 aliphatic heterocycles. The molecule has 0 fully saturated rings. The fraction of sp³-hybridized carbons (Fsp3) is 0.186. The molecule has 0 amide bonds. The Bertz CT molecular complexity index is 3370. The highest BCUT2D eigenvalue weighted by Gasteiger charge is 2.31. The summed E-state index contributed by atoms with van der Waals surface area (Å²) in [6, 6.07) is 65.1. The van der Waals surface area contributed by atoms with E-state index in [1.165, 1.54) is 48.9 Å². The quantitative estimate of drug-likeness (QED) is 0.149. The molecule has 10 rings (SSSR count).